The Morgan fingerprint density at radius 1 is 0.829 bits per heavy atom. The Hall–Kier alpha value is -3.78. The second kappa shape index (κ2) is 17.1. The van der Waals surface area contributed by atoms with Crippen molar-refractivity contribution in [2.75, 3.05) is 6.61 Å². The Bertz CT molecular complexity index is 1120. The van der Waals surface area contributed by atoms with Crippen LogP contribution in [-0.2, 0) is 41.5 Å². The quantitative estimate of drug-likeness (QED) is 0.0875. The van der Waals surface area contributed by atoms with Gasteiger partial charge in [-0.3, -0.25) is 19.2 Å². The molecule has 0 fully saturated rings. The van der Waals surface area contributed by atoms with Crippen molar-refractivity contribution in [3.8, 4) is 0 Å². The highest BCUT2D eigenvalue weighted by Crippen LogP contribution is 2.08. The number of carbonyl (C=O) groups is 4. The standard InChI is InChI=1S/C28H39BN4O8/c1-18(2)15-23(29(38)39)32-25(35)26(41-28(37)22(31)17-20-11-7-4-8-12-20)33-24(34)13-14-40-27(36)21(30)16-19-9-5-3-6-10-19/h3-12,18,21-23,26,38-39H,13-17,30-31H2,1-2H3,(H,32,35)(H,33,34)/t21-,22-,23?,26?/m0/s1. The lowest BCUT2D eigenvalue weighted by Crippen LogP contribution is -2.56. The lowest BCUT2D eigenvalue weighted by atomic mass is 9.75. The van der Waals surface area contributed by atoms with Crippen LogP contribution in [0.5, 0.6) is 0 Å². The van der Waals surface area contributed by atoms with Gasteiger partial charge in [0.1, 0.15) is 18.7 Å². The smallest absolute Gasteiger partial charge is 0.464 e. The summed E-state index contributed by atoms with van der Waals surface area (Å²) in [5.74, 6) is -4.53. The Kier molecular flexibility index (Phi) is 14.0. The van der Waals surface area contributed by atoms with E-state index in [1.807, 2.05) is 44.2 Å². The summed E-state index contributed by atoms with van der Waals surface area (Å²) in [6.07, 6.45) is -1.63. The molecule has 0 saturated carbocycles. The minimum atomic E-state index is -1.90. The predicted octanol–water partition coefficient (Wildman–Crippen LogP) is -0.412. The van der Waals surface area contributed by atoms with E-state index in [0.29, 0.717) is 0 Å². The molecule has 0 aliphatic rings. The average molecular weight is 570 g/mol. The van der Waals surface area contributed by atoms with Crippen molar-refractivity contribution in [2.45, 2.75) is 63.8 Å². The Labute approximate surface area is 239 Å². The highest BCUT2D eigenvalue weighted by molar-refractivity contribution is 6.43. The van der Waals surface area contributed by atoms with Crippen molar-refractivity contribution in [3.05, 3.63) is 71.8 Å². The molecule has 0 saturated heterocycles. The number of hydrogen-bond acceptors (Lipinski definition) is 10. The van der Waals surface area contributed by atoms with Gasteiger partial charge in [-0.1, -0.05) is 74.5 Å². The van der Waals surface area contributed by atoms with Crippen LogP contribution in [0.2, 0.25) is 0 Å². The van der Waals surface area contributed by atoms with Crippen LogP contribution < -0.4 is 22.1 Å². The number of nitrogens with two attached hydrogens (primary N) is 2. The molecule has 0 radical (unpaired) electrons. The topological polar surface area (TPSA) is 203 Å². The van der Waals surface area contributed by atoms with E-state index >= 15 is 0 Å². The van der Waals surface area contributed by atoms with Gasteiger partial charge in [0, 0.05) is 0 Å². The van der Waals surface area contributed by atoms with E-state index in [1.54, 1.807) is 30.3 Å². The van der Waals surface area contributed by atoms with Crippen molar-refractivity contribution >= 4 is 30.9 Å². The molecule has 222 valence electrons. The summed E-state index contributed by atoms with van der Waals surface area (Å²) in [7, 11) is -1.90. The van der Waals surface area contributed by atoms with Gasteiger partial charge in [-0.15, -0.1) is 0 Å². The van der Waals surface area contributed by atoms with Crippen LogP contribution in [0.25, 0.3) is 0 Å². The number of hydrogen-bond donors (Lipinski definition) is 6. The molecular formula is C28H39BN4O8. The van der Waals surface area contributed by atoms with Crippen molar-refractivity contribution in [1.82, 2.24) is 10.6 Å². The summed E-state index contributed by atoms with van der Waals surface area (Å²) < 4.78 is 10.3. The number of benzene rings is 2. The van der Waals surface area contributed by atoms with Gasteiger partial charge in [-0.2, -0.15) is 0 Å². The largest absolute Gasteiger partial charge is 0.475 e. The second-order valence-electron chi connectivity index (χ2n) is 10.1. The van der Waals surface area contributed by atoms with Gasteiger partial charge in [0.15, 0.2) is 0 Å². The van der Waals surface area contributed by atoms with Crippen molar-refractivity contribution in [2.24, 2.45) is 17.4 Å². The zero-order chi connectivity index (χ0) is 30.4. The molecule has 4 atom stereocenters. The summed E-state index contributed by atoms with van der Waals surface area (Å²) >= 11 is 0. The van der Waals surface area contributed by atoms with Crippen LogP contribution in [0.1, 0.15) is 37.8 Å². The lowest BCUT2D eigenvalue weighted by Gasteiger charge is -2.25. The molecule has 2 aromatic rings. The maximum Gasteiger partial charge on any atom is 0.475 e. The summed E-state index contributed by atoms with van der Waals surface area (Å²) in [6, 6.07) is 15.9. The van der Waals surface area contributed by atoms with E-state index in [-0.39, 0.29) is 38.2 Å². The second-order valence-corrected chi connectivity index (χ2v) is 10.1. The van der Waals surface area contributed by atoms with Crippen molar-refractivity contribution in [1.29, 1.82) is 0 Å². The highest BCUT2D eigenvalue weighted by atomic mass is 16.6. The molecule has 8 N–H and O–H groups in total. The maximum atomic E-state index is 13.0. The van der Waals surface area contributed by atoms with Gasteiger partial charge in [0.05, 0.1) is 12.4 Å². The lowest BCUT2D eigenvalue weighted by molar-refractivity contribution is -0.161. The first-order valence-electron chi connectivity index (χ1n) is 13.4. The molecule has 2 unspecified atom stereocenters. The predicted molar refractivity (Wildman–Crippen MR) is 151 cm³/mol. The minimum absolute atomic E-state index is 0.0140. The monoisotopic (exact) mass is 570 g/mol. The third kappa shape index (κ3) is 12.5. The molecule has 0 aliphatic carbocycles. The zero-order valence-corrected chi connectivity index (χ0v) is 23.3. The van der Waals surface area contributed by atoms with Gasteiger partial charge in [0.25, 0.3) is 12.1 Å². The van der Waals surface area contributed by atoms with Gasteiger partial charge < -0.3 is 41.6 Å². The molecule has 0 bridgehead atoms. The van der Waals surface area contributed by atoms with E-state index in [9.17, 15) is 29.2 Å². The summed E-state index contributed by atoms with van der Waals surface area (Å²) in [5.41, 5.74) is 13.5. The number of esters is 2. The zero-order valence-electron chi connectivity index (χ0n) is 23.3. The Balaban J connectivity index is 1.99. The van der Waals surface area contributed by atoms with Crippen LogP contribution in [0.4, 0.5) is 0 Å². The van der Waals surface area contributed by atoms with Gasteiger partial charge in [-0.25, -0.2) is 0 Å². The average Bonchev–Trinajstić information content (AvgIpc) is 2.92. The van der Waals surface area contributed by atoms with E-state index in [2.05, 4.69) is 10.6 Å². The van der Waals surface area contributed by atoms with Gasteiger partial charge >= 0.3 is 19.1 Å². The third-order valence-electron chi connectivity index (χ3n) is 5.95. The summed E-state index contributed by atoms with van der Waals surface area (Å²) in [6.45, 7) is 3.29. The van der Waals surface area contributed by atoms with Crippen LogP contribution in [-0.4, -0.2) is 71.8 Å². The maximum absolute atomic E-state index is 13.0. The number of ether oxygens (including phenoxy) is 2. The summed E-state index contributed by atoms with van der Waals surface area (Å²) in [5, 5.41) is 24.0. The van der Waals surface area contributed by atoms with E-state index in [4.69, 9.17) is 20.9 Å². The SMILES string of the molecule is CC(C)CC(NC(=O)C(NC(=O)CCOC(=O)[C@@H](N)Cc1ccccc1)OC(=O)[C@@H](N)Cc1ccccc1)B(O)O. The number of rotatable bonds is 16. The Morgan fingerprint density at radius 2 is 1.34 bits per heavy atom. The summed E-state index contributed by atoms with van der Waals surface area (Å²) in [4.78, 5) is 50.5. The van der Waals surface area contributed by atoms with Crippen LogP contribution in [0, 0.1) is 5.92 Å². The van der Waals surface area contributed by atoms with Crippen molar-refractivity contribution in [3.63, 3.8) is 0 Å². The van der Waals surface area contributed by atoms with E-state index in [0.717, 1.165) is 11.1 Å². The number of nitrogens with one attached hydrogen (secondary N) is 2. The Morgan fingerprint density at radius 3 is 1.83 bits per heavy atom. The van der Waals surface area contributed by atoms with Gasteiger partial charge in [0.2, 0.25) is 5.91 Å². The van der Waals surface area contributed by atoms with E-state index in [1.165, 1.54) is 0 Å². The first-order valence-corrected chi connectivity index (χ1v) is 13.4. The fraction of sp³-hybridized carbons (Fsp3) is 0.429. The van der Waals surface area contributed by atoms with Crippen LogP contribution >= 0.6 is 0 Å². The van der Waals surface area contributed by atoms with E-state index < -0.39 is 55.1 Å². The fourth-order valence-electron chi connectivity index (χ4n) is 3.85. The number of amides is 2. The molecule has 0 aliphatic heterocycles. The normalized spacial score (nSPS) is 13.8. The van der Waals surface area contributed by atoms with Crippen molar-refractivity contribution < 1.29 is 38.7 Å². The molecule has 0 spiro atoms. The molecule has 0 aromatic heterocycles. The molecule has 2 rings (SSSR count). The molecule has 12 nitrogen and oxygen atoms in total. The third-order valence-corrected chi connectivity index (χ3v) is 5.95. The first-order chi connectivity index (χ1) is 19.5. The van der Waals surface area contributed by atoms with Gasteiger partial charge in [-0.05, 0) is 36.3 Å². The minimum Gasteiger partial charge on any atom is -0.464 e. The molecular weight excluding hydrogens is 531 g/mol. The highest BCUT2D eigenvalue weighted by Gasteiger charge is 2.33. The van der Waals surface area contributed by atoms with Crippen LogP contribution in [0.3, 0.4) is 0 Å². The molecule has 2 aromatic carbocycles. The molecule has 0 heterocycles. The van der Waals surface area contributed by atoms with Crippen LogP contribution in [0.15, 0.2) is 60.7 Å². The molecule has 13 heteroatoms. The molecule has 2 amide bonds. The first kappa shape index (κ1) is 33.4. The number of carbonyl (C=O) groups excluding carboxylic acids is 4. The molecule has 41 heavy (non-hydrogen) atoms. The fourth-order valence-corrected chi connectivity index (χ4v) is 3.85.